The SMILES string of the molecule is Cc1ccsc1C1CC1CN. The quantitative estimate of drug-likeness (QED) is 0.717. The molecule has 11 heavy (non-hydrogen) atoms. The standard InChI is InChI=1S/C9H13NS/c1-6-2-3-11-9(6)8-4-7(8)5-10/h2-3,7-8H,4-5,10H2,1H3. The maximum atomic E-state index is 5.58. The fourth-order valence-electron chi connectivity index (χ4n) is 1.59. The Morgan fingerprint density at radius 1 is 1.73 bits per heavy atom. The number of thiophene rings is 1. The van der Waals surface area contributed by atoms with Gasteiger partial charge in [0, 0.05) is 4.88 Å². The van der Waals surface area contributed by atoms with Gasteiger partial charge < -0.3 is 5.73 Å². The predicted octanol–water partition coefficient (Wildman–Crippen LogP) is 2.12. The van der Waals surface area contributed by atoms with Crippen LogP contribution in [0.1, 0.15) is 22.8 Å². The summed E-state index contributed by atoms with van der Waals surface area (Å²) in [6.07, 6.45) is 1.32. The minimum atomic E-state index is 0.785. The molecule has 1 aromatic heterocycles. The van der Waals surface area contributed by atoms with E-state index in [1.165, 1.54) is 12.0 Å². The molecule has 60 valence electrons. The van der Waals surface area contributed by atoms with Crippen molar-refractivity contribution in [1.82, 2.24) is 0 Å². The van der Waals surface area contributed by atoms with E-state index in [0.29, 0.717) is 0 Å². The summed E-state index contributed by atoms with van der Waals surface area (Å²) in [5.41, 5.74) is 7.04. The summed E-state index contributed by atoms with van der Waals surface area (Å²) in [6, 6.07) is 2.20. The first-order valence-electron chi connectivity index (χ1n) is 4.07. The molecule has 0 aromatic carbocycles. The number of hydrogen-bond acceptors (Lipinski definition) is 2. The first-order valence-corrected chi connectivity index (χ1v) is 4.95. The lowest BCUT2D eigenvalue weighted by Gasteiger charge is -1.95. The molecule has 1 saturated carbocycles. The van der Waals surface area contributed by atoms with Crippen molar-refractivity contribution in [3.8, 4) is 0 Å². The second-order valence-corrected chi connectivity index (χ2v) is 4.25. The van der Waals surface area contributed by atoms with Crippen LogP contribution in [0.2, 0.25) is 0 Å². The van der Waals surface area contributed by atoms with Gasteiger partial charge in [-0.2, -0.15) is 0 Å². The Balaban J connectivity index is 2.14. The third kappa shape index (κ3) is 1.21. The average Bonchev–Trinajstić information content (AvgIpc) is 2.68. The maximum Gasteiger partial charge on any atom is 0.0109 e. The van der Waals surface area contributed by atoms with Crippen LogP contribution in [0.5, 0.6) is 0 Å². The number of aryl methyl sites for hydroxylation is 1. The Labute approximate surface area is 71.2 Å². The van der Waals surface area contributed by atoms with E-state index in [1.54, 1.807) is 4.88 Å². The molecule has 1 fully saturated rings. The van der Waals surface area contributed by atoms with Gasteiger partial charge in [0.25, 0.3) is 0 Å². The zero-order valence-corrected chi connectivity index (χ0v) is 7.53. The average molecular weight is 167 g/mol. The lowest BCUT2D eigenvalue weighted by molar-refractivity contribution is 0.813. The topological polar surface area (TPSA) is 26.0 Å². The van der Waals surface area contributed by atoms with Crippen LogP contribution in [0, 0.1) is 12.8 Å². The molecular formula is C9H13NS. The lowest BCUT2D eigenvalue weighted by Crippen LogP contribution is -2.01. The van der Waals surface area contributed by atoms with Crippen LogP contribution in [-0.2, 0) is 0 Å². The van der Waals surface area contributed by atoms with Gasteiger partial charge in [0.2, 0.25) is 0 Å². The third-order valence-corrected chi connectivity index (χ3v) is 3.61. The molecule has 0 radical (unpaired) electrons. The highest BCUT2D eigenvalue weighted by Gasteiger charge is 2.38. The van der Waals surface area contributed by atoms with Gasteiger partial charge in [-0.15, -0.1) is 11.3 Å². The van der Waals surface area contributed by atoms with Crippen LogP contribution in [-0.4, -0.2) is 6.54 Å². The van der Waals surface area contributed by atoms with Gasteiger partial charge in [0.1, 0.15) is 0 Å². The molecule has 1 aliphatic rings. The molecule has 0 saturated heterocycles. The molecule has 2 heteroatoms. The van der Waals surface area contributed by atoms with Gasteiger partial charge in [-0.1, -0.05) is 0 Å². The normalized spacial score (nSPS) is 28.9. The Hall–Kier alpha value is -0.340. The Kier molecular flexibility index (Phi) is 1.74. The van der Waals surface area contributed by atoms with E-state index in [-0.39, 0.29) is 0 Å². The van der Waals surface area contributed by atoms with Gasteiger partial charge in [-0.05, 0) is 48.7 Å². The van der Waals surface area contributed by atoms with Crippen molar-refractivity contribution in [1.29, 1.82) is 0 Å². The molecule has 1 nitrogen and oxygen atoms in total. The first-order chi connectivity index (χ1) is 5.33. The molecule has 0 bridgehead atoms. The van der Waals surface area contributed by atoms with Gasteiger partial charge in [0.05, 0.1) is 0 Å². The highest BCUT2D eigenvalue weighted by Crippen LogP contribution is 2.49. The van der Waals surface area contributed by atoms with Crippen molar-refractivity contribution >= 4 is 11.3 Å². The Bertz CT molecular complexity index is 254. The number of hydrogen-bond donors (Lipinski definition) is 1. The van der Waals surface area contributed by atoms with Crippen LogP contribution < -0.4 is 5.73 Å². The van der Waals surface area contributed by atoms with Crippen molar-refractivity contribution in [2.24, 2.45) is 11.7 Å². The molecule has 2 atom stereocenters. The zero-order valence-electron chi connectivity index (χ0n) is 6.71. The number of nitrogens with two attached hydrogens (primary N) is 1. The summed E-state index contributed by atoms with van der Waals surface area (Å²) < 4.78 is 0. The summed E-state index contributed by atoms with van der Waals surface area (Å²) >= 11 is 1.88. The van der Waals surface area contributed by atoms with Crippen molar-refractivity contribution in [2.75, 3.05) is 6.54 Å². The monoisotopic (exact) mass is 167 g/mol. The fraction of sp³-hybridized carbons (Fsp3) is 0.556. The molecule has 1 aliphatic carbocycles. The second-order valence-electron chi connectivity index (χ2n) is 3.31. The minimum absolute atomic E-state index is 0.785. The minimum Gasteiger partial charge on any atom is -0.330 e. The largest absolute Gasteiger partial charge is 0.330 e. The van der Waals surface area contributed by atoms with Crippen LogP contribution >= 0.6 is 11.3 Å². The van der Waals surface area contributed by atoms with Crippen molar-refractivity contribution in [3.63, 3.8) is 0 Å². The summed E-state index contributed by atoms with van der Waals surface area (Å²) in [5.74, 6) is 1.59. The molecule has 0 aliphatic heterocycles. The predicted molar refractivity (Wildman–Crippen MR) is 49.0 cm³/mol. The van der Waals surface area contributed by atoms with E-state index >= 15 is 0 Å². The zero-order chi connectivity index (χ0) is 7.84. The molecule has 2 rings (SSSR count). The van der Waals surface area contributed by atoms with Crippen molar-refractivity contribution in [3.05, 3.63) is 21.9 Å². The summed E-state index contributed by atoms with van der Waals surface area (Å²) in [7, 11) is 0. The van der Waals surface area contributed by atoms with Gasteiger partial charge >= 0.3 is 0 Å². The summed E-state index contributed by atoms with van der Waals surface area (Å²) in [4.78, 5) is 1.57. The lowest BCUT2D eigenvalue weighted by atomic mass is 10.2. The van der Waals surface area contributed by atoms with Crippen LogP contribution in [0.25, 0.3) is 0 Å². The van der Waals surface area contributed by atoms with E-state index in [4.69, 9.17) is 5.73 Å². The molecule has 2 N–H and O–H groups in total. The Morgan fingerprint density at radius 2 is 2.55 bits per heavy atom. The second kappa shape index (κ2) is 2.61. The first kappa shape index (κ1) is 7.32. The highest BCUT2D eigenvalue weighted by atomic mass is 32.1. The smallest absolute Gasteiger partial charge is 0.0109 e. The fourth-order valence-corrected chi connectivity index (χ4v) is 2.73. The van der Waals surface area contributed by atoms with Crippen molar-refractivity contribution in [2.45, 2.75) is 19.3 Å². The molecule has 0 spiro atoms. The van der Waals surface area contributed by atoms with E-state index < -0.39 is 0 Å². The van der Waals surface area contributed by atoms with E-state index in [9.17, 15) is 0 Å². The molecule has 1 aromatic rings. The third-order valence-electron chi connectivity index (χ3n) is 2.46. The molecule has 0 amide bonds. The van der Waals surface area contributed by atoms with E-state index in [2.05, 4.69) is 18.4 Å². The van der Waals surface area contributed by atoms with Crippen LogP contribution in [0.4, 0.5) is 0 Å². The molecular weight excluding hydrogens is 154 g/mol. The van der Waals surface area contributed by atoms with E-state index in [0.717, 1.165) is 18.4 Å². The Morgan fingerprint density at radius 3 is 3.00 bits per heavy atom. The van der Waals surface area contributed by atoms with Crippen LogP contribution in [0.15, 0.2) is 11.4 Å². The van der Waals surface area contributed by atoms with E-state index in [1.807, 2.05) is 11.3 Å². The highest BCUT2D eigenvalue weighted by molar-refractivity contribution is 7.10. The van der Waals surface area contributed by atoms with Gasteiger partial charge in [-0.3, -0.25) is 0 Å². The summed E-state index contributed by atoms with van der Waals surface area (Å²) in [5, 5.41) is 2.18. The van der Waals surface area contributed by atoms with Crippen molar-refractivity contribution < 1.29 is 0 Å². The molecule has 1 heterocycles. The van der Waals surface area contributed by atoms with Gasteiger partial charge in [0.15, 0.2) is 0 Å². The maximum absolute atomic E-state index is 5.58. The van der Waals surface area contributed by atoms with Gasteiger partial charge in [-0.25, -0.2) is 0 Å². The van der Waals surface area contributed by atoms with Crippen LogP contribution in [0.3, 0.4) is 0 Å². The summed E-state index contributed by atoms with van der Waals surface area (Å²) in [6.45, 7) is 3.06. The number of rotatable bonds is 2. The molecule has 2 unspecified atom stereocenters.